The lowest BCUT2D eigenvalue weighted by Crippen LogP contribution is -2.09. The molecule has 2 unspecified atom stereocenters. The van der Waals surface area contributed by atoms with Gasteiger partial charge in [0.15, 0.2) is 0 Å². The highest BCUT2D eigenvalue weighted by atomic mass is 32.2. The van der Waals surface area contributed by atoms with Crippen molar-refractivity contribution in [1.29, 1.82) is 0 Å². The Kier molecular flexibility index (Phi) is 4.77. The third-order valence-corrected chi connectivity index (χ3v) is 3.60. The summed E-state index contributed by atoms with van der Waals surface area (Å²) in [5.74, 6) is 0. The molecule has 70 valence electrons. The summed E-state index contributed by atoms with van der Waals surface area (Å²) in [6, 6.07) is 0. The molecule has 0 saturated heterocycles. The zero-order valence-corrected chi connectivity index (χ0v) is 8.52. The van der Waals surface area contributed by atoms with Crippen LogP contribution in [-0.4, -0.2) is 22.2 Å². The van der Waals surface area contributed by atoms with Gasteiger partial charge in [-0.2, -0.15) is 11.8 Å². The zero-order valence-electron chi connectivity index (χ0n) is 7.70. The molecule has 1 N–H and O–H groups in total. The second kappa shape index (κ2) is 5.65. The van der Waals surface area contributed by atoms with Gasteiger partial charge in [-0.15, -0.1) is 0 Å². The lowest BCUT2D eigenvalue weighted by atomic mass is 10.1. The summed E-state index contributed by atoms with van der Waals surface area (Å²) in [5.41, 5.74) is 0. The van der Waals surface area contributed by atoms with E-state index in [1.807, 2.05) is 11.8 Å². The van der Waals surface area contributed by atoms with Crippen molar-refractivity contribution in [2.24, 2.45) is 0 Å². The number of aliphatic hydroxyl groups excluding tert-OH is 1. The summed E-state index contributed by atoms with van der Waals surface area (Å²) in [5, 5.41) is 10.0. The van der Waals surface area contributed by atoms with Crippen LogP contribution in [0.15, 0.2) is 12.2 Å². The summed E-state index contributed by atoms with van der Waals surface area (Å²) in [4.78, 5) is 0. The van der Waals surface area contributed by atoms with Crippen molar-refractivity contribution in [1.82, 2.24) is 0 Å². The van der Waals surface area contributed by atoms with Gasteiger partial charge in [-0.1, -0.05) is 19.1 Å². The minimum atomic E-state index is 0.324. The first-order chi connectivity index (χ1) is 5.83. The number of thioether (sulfide) groups is 1. The van der Waals surface area contributed by atoms with Crippen molar-refractivity contribution < 1.29 is 5.11 Å². The van der Waals surface area contributed by atoms with E-state index in [1.165, 1.54) is 19.3 Å². The third-order valence-electron chi connectivity index (χ3n) is 2.15. The molecule has 0 fully saturated rings. The van der Waals surface area contributed by atoms with Crippen molar-refractivity contribution in [2.75, 3.05) is 6.61 Å². The fourth-order valence-electron chi connectivity index (χ4n) is 1.44. The average molecular weight is 186 g/mol. The second-order valence-corrected chi connectivity index (χ2v) is 5.04. The number of aliphatic hydroxyl groups is 1. The van der Waals surface area contributed by atoms with E-state index in [-0.39, 0.29) is 0 Å². The van der Waals surface area contributed by atoms with Crippen LogP contribution in [0.25, 0.3) is 0 Å². The Bertz CT molecular complexity index is 145. The van der Waals surface area contributed by atoms with Gasteiger partial charge in [0, 0.05) is 17.1 Å². The van der Waals surface area contributed by atoms with Crippen LogP contribution in [0.4, 0.5) is 0 Å². The van der Waals surface area contributed by atoms with Crippen LogP contribution in [0, 0.1) is 0 Å². The van der Waals surface area contributed by atoms with E-state index >= 15 is 0 Å². The summed E-state index contributed by atoms with van der Waals surface area (Å²) in [7, 11) is 0. The van der Waals surface area contributed by atoms with Crippen LogP contribution in [0.1, 0.15) is 32.6 Å². The molecule has 1 nitrogen and oxygen atoms in total. The number of allylic oxidation sites excluding steroid dienone is 1. The predicted octanol–water partition coefficient (Wildman–Crippen LogP) is 2.60. The molecular formula is C10H18OS. The molecule has 1 aliphatic rings. The van der Waals surface area contributed by atoms with E-state index in [4.69, 9.17) is 5.11 Å². The molecule has 0 amide bonds. The molecule has 0 spiro atoms. The Morgan fingerprint density at radius 2 is 2.50 bits per heavy atom. The van der Waals surface area contributed by atoms with Crippen LogP contribution in [0.3, 0.4) is 0 Å². The van der Waals surface area contributed by atoms with E-state index in [2.05, 4.69) is 19.1 Å². The van der Waals surface area contributed by atoms with Gasteiger partial charge in [0.05, 0.1) is 0 Å². The van der Waals surface area contributed by atoms with Gasteiger partial charge in [-0.25, -0.2) is 0 Å². The van der Waals surface area contributed by atoms with Gasteiger partial charge in [0.2, 0.25) is 0 Å². The first-order valence-electron chi connectivity index (χ1n) is 4.76. The molecule has 0 radical (unpaired) electrons. The molecule has 0 aliphatic heterocycles. The van der Waals surface area contributed by atoms with Crippen LogP contribution in [0.5, 0.6) is 0 Å². The number of hydrogen-bond donors (Lipinski definition) is 1. The minimum Gasteiger partial charge on any atom is -0.396 e. The van der Waals surface area contributed by atoms with Crippen LogP contribution in [-0.2, 0) is 0 Å². The van der Waals surface area contributed by atoms with Gasteiger partial charge in [-0.05, 0) is 25.7 Å². The van der Waals surface area contributed by atoms with Crippen molar-refractivity contribution in [3.8, 4) is 0 Å². The maximum absolute atomic E-state index is 8.73. The summed E-state index contributed by atoms with van der Waals surface area (Å²) < 4.78 is 0. The molecule has 2 heteroatoms. The van der Waals surface area contributed by atoms with Gasteiger partial charge in [-0.3, -0.25) is 0 Å². The molecule has 0 heterocycles. The smallest absolute Gasteiger partial charge is 0.0441 e. The molecule has 1 aliphatic carbocycles. The molecular weight excluding hydrogens is 168 g/mol. The highest BCUT2D eigenvalue weighted by molar-refractivity contribution is 8.00. The molecule has 0 aromatic carbocycles. The largest absolute Gasteiger partial charge is 0.396 e. The summed E-state index contributed by atoms with van der Waals surface area (Å²) in [6.45, 7) is 2.52. The van der Waals surface area contributed by atoms with Gasteiger partial charge >= 0.3 is 0 Å². The normalized spacial score (nSPS) is 25.7. The predicted molar refractivity (Wildman–Crippen MR) is 55.5 cm³/mol. The van der Waals surface area contributed by atoms with Crippen molar-refractivity contribution >= 4 is 11.8 Å². The van der Waals surface area contributed by atoms with Gasteiger partial charge in [0.25, 0.3) is 0 Å². The van der Waals surface area contributed by atoms with E-state index in [1.54, 1.807) is 0 Å². The lowest BCUT2D eigenvalue weighted by molar-refractivity contribution is 0.289. The van der Waals surface area contributed by atoms with E-state index in [9.17, 15) is 0 Å². The average Bonchev–Trinajstić information content (AvgIpc) is 2.06. The first-order valence-corrected chi connectivity index (χ1v) is 5.70. The Balaban J connectivity index is 2.20. The van der Waals surface area contributed by atoms with Crippen LogP contribution < -0.4 is 0 Å². The molecule has 0 aromatic heterocycles. The maximum Gasteiger partial charge on any atom is 0.0441 e. The Morgan fingerprint density at radius 3 is 3.08 bits per heavy atom. The van der Waals surface area contributed by atoms with Crippen LogP contribution in [0.2, 0.25) is 0 Å². The first kappa shape index (κ1) is 10.1. The summed E-state index contributed by atoms with van der Waals surface area (Å²) in [6.07, 6.45) is 9.44. The highest BCUT2D eigenvalue weighted by Gasteiger charge is 2.12. The van der Waals surface area contributed by atoms with Gasteiger partial charge in [0.1, 0.15) is 0 Å². The Hall–Kier alpha value is 0.0500. The Labute approximate surface area is 79.2 Å². The van der Waals surface area contributed by atoms with Crippen LogP contribution >= 0.6 is 11.8 Å². The number of rotatable bonds is 4. The maximum atomic E-state index is 8.73. The van der Waals surface area contributed by atoms with E-state index < -0.39 is 0 Å². The lowest BCUT2D eigenvalue weighted by Gasteiger charge is -2.19. The molecule has 12 heavy (non-hydrogen) atoms. The van der Waals surface area contributed by atoms with Gasteiger partial charge < -0.3 is 5.11 Å². The molecule has 2 atom stereocenters. The Morgan fingerprint density at radius 1 is 1.67 bits per heavy atom. The van der Waals surface area contributed by atoms with Crippen molar-refractivity contribution in [3.05, 3.63) is 12.2 Å². The molecule has 0 aromatic rings. The van der Waals surface area contributed by atoms with E-state index in [0.29, 0.717) is 17.1 Å². The minimum absolute atomic E-state index is 0.324. The second-order valence-electron chi connectivity index (χ2n) is 3.36. The quantitative estimate of drug-likeness (QED) is 0.681. The summed E-state index contributed by atoms with van der Waals surface area (Å²) >= 11 is 2.00. The van der Waals surface area contributed by atoms with Crippen molar-refractivity contribution in [3.63, 3.8) is 0 Å². The third kappa shape index (κ3) is 3.63. The SMILES string of the molecule is CC(CCO)SC1C=CCCC1. The number of hydrogen-bond acceptors (Lipinski definition) is 2. The zero-order chi connectivity index (χ0) is 8.81. The highest BCUT2D eigenvalue weighted by Crippen LogP contribution is 2.27. The van der Waals surface area contributed by atoms with E-state index in [0.717, 1.165) is 6.42 Å². The molecule has 0 saturated carbocycles. The fourth-order valence-corrected chi connectivity index (χ4v) is 2.79. The molecule has 0 bridgehead atoms. The molecule has 1 rings (SSSR count). The topological polar surface area (TPSA) is 20.2 Å². The monoisotopic (exact) mass is 186 g/mol. The standard InChI is InChI=1S/C10H18OS/c1-9(7-8-11)12-10-5-3-2-4-6-10/h3,5,9-11H,2,4,6-8H2,1H3. The fraction of sp³-hybridized carbons (Fsp3) is 0.800. The van der Waals surface area contributed by atoms with Crippen molar-refractivity contribution in [2.45, 2.75) is 43.1 Å².